The van der Waals surface area contributed by atoms with Gasteiger partial charge in [0.2, 0.25) is 5.91 Å². The monoisotopic (exact) mass is 358 g/mol. The maximum absolute atomic E-state index is 12.3. The van der Waals surface area contributed by atoms with E-state index in [0.717, 1.165) is 63.2 Å². The molecule has 1 amide bonds. The van der Waals surface area contributed by atoms with Gasteiger partial charge in [-0.1, -0.05) is 0 Å². The molecule has 0 spiro atoms. The molecule has 6 nitrogen and oxygen atoms in total. The molecule has 3 heterocycles. The number of likely N-dealkylation sites (tertiary alicyclic amines) is 1. The zero-order valence-electron chi connectivity index (χ0n) is 15.6. The molecule has 2 saturated heterocycles. The van der Waals surface area contributed by atoms with Crippen molar-refractivity contribution in [1.29, 1.82) is 0 Å². The topological polar surface area (TPSA) is 58.6 Å². The number of hydrogen-bond donors (Lipinski definition) is 0. The number of aromatic nitrogens is 2. The van der Waals surface area contributed by atoms with E-state index >= 15 is 0 Å². The van der Waals surface area contributed by atoms with E-state index < -0.39 is 0 Å². The van der Waals surface area contributed by atoms with Crippen LogP contribution in [0.25, 0.3) is 0 Å². The number of hydrogen-bond acceptors (Lipinski definition) is 5. The molecule has 3 aliphatic rings. The van der Waals surface area contributed by atoms with Gasteiger partial charge in [0.25, 0.3) is 0 Å². The minimum absolute atomic E-state index is 0.228. The lowest BCUT2D eigenvalue weighted by atomic mass is 9.95. The van der Waals surface area contributed by atoms with Crippen LogP contribution in [0.5, 0.6) is 0 Å². The molecule has 0 aromatic carbocycles. The minimum Gasteiger partial charge on any atom is -0.381 e. The summed E-state index contributed by atoms with van der Waals surface area (Å²) in [5, 5.41) is 0. The Bertz CT molecular complexity index is 606. The SMILES string of the molecule is O=C(CCOCC1CC1)N1CCC(c2nccc(N3CCCC3)n2)CC1. The van der Waals surface area contributed by atoms with Crippen molar-refractivity contribution in [2.75, 3.05) is 44.3 Å². The largest absolute Gasteiger partial charge is 0.381 e. The highest BCUT2D eigenvalue weighted by Crippen LogP contribution is 2.29. The Morgan fingerprint density at radius 1 is 1.12 bits per heavy atom. The summed E-state index contributed by atoms with van der Waals surface area (Å²) in [6, 6.07) is 2.02. The highest BCUT2D eigenvalue weighted by molar-refractivity contribution is 5.76. The van der Waals surface area contributed by atoms with E-state index in [9.17, 15) is 4.79 Å². The van der Waals surface area contributed by atoms with Crippen molar-refractivity contribution in [3.63, 3.8) is 0 Å². The molecule has 0 unspecified atom stereocenters. The first-order chi connectivity index (χ1) is 12.8. The van der Waals surface area contributed by atoms with E-state index in [4.69, 9.17) is 9.72 Å². The van der Waals surface area contributed by atoms with E-state index in [0.29, 0.717) is 18.9 Å². The summed E-state index contributed by atoms with van der Waals surface area (Å²) in [5.41, 5.74) is 0. The Morgan fingerprint density at radius 3 is 2.62 bits per heavy atom. The smallest absolute Gasteiger partial charge is 0.224 e. The fraction of sp³-hybridized carbons (Fsp3) is 0.750. The van der Waals surface area contributed by atoms with Gasteiger partial charge in [0.1, 0.15) is 11.6 Å². The van der Waals surface area contributed by atoms with Crippen LogP contribution >= 0.6 is 0 Å². The number of piperidine rings is 1. The van der Waals surface area contributed by atoms with Crippen LogP contribution in [0.15, 0.2) is 12.3 Å². The van der Waals surface area contributed by atoms with Gasteiger partial charge in [0.05, 0.1) is 13.0 Å². The quantitative estimate of drug-likeness (QED) is 0.701. The first kappa shape index (κ1) is 17.7. The molecule has 142 valence electrons. The second kappa shape index (κ2) is 8.33. The lowest BCUT2D eigenvalue weighted by molar-refractivity contribution is -0.133. The Morgan fingerprint density at radius 2 is 1.88 bits per heavy atom. The van der Waals surface area contributed by atoms with Gasteiger partial charge >= 0.3 is 0 Å². The van der Waals surface area contributed by atoms with Crippen molar-refractivity contribution >= 4 is 11.7 Å². The first-order valence-electron chi connectivity index (χ1n) is 10.2. The van der Waals surface area contributed by atoms with Gasteiger partial charge in [-0.15, -0.1) is 0 Å². The van der Waals surface area contributed by atoms with Crippen molar-refractivity contribution in [3.8, 4) is 0 Å². The van der Waals surface area contributed by atoms with Crippen LogP contribution in [-0.4, -0.2) is 60.2 Å². The van der Waals surface area contributed by atoms with Gasteiger partial charge in [-0.05, 0) is 50.5 Å². The Balaban J connectivity index is 1.23. The zero-order chi connectivity index (χ0) is 17.8. The van der Waals surface area contributed by atoms with Crippen molar-refractivity contribution in [3.05, 3.63) is 18.1 Å². The second-order valence-corrected chi connectivity index (χ2v) is 7.89. The van der Waals surface area contributed by atoms with Gasteiger partial charge in [-0.2, -0.15) is 0 Å². The van der Waals surface area contributed by atoms with Crippen molar-refractivity contribution in [2.24, 2.45) is 5.92 Å². The summed E-state index contributed by atoms with van der Waals surface area (Å²) in [6.07, 6.45) is 9.42. The van der Waals surface area contributed by atoms with Crippen LogP contribution in [-0.2, 0) is 9.53 Å². The number of rotatable bonds is 7. The van der Waals surface area contributed by atoms with Crippen molar-refractivity contribution in [1.82, 2.24) is 14.9 Å². The van der Waals surface area contributed by atoms with Crippen LogP contribution in [0.3, 0.4) is 0 Å². The molecule has 0 radical (unpaired) electrons. The van der Waals surface area contributed by atoms with Crippen LogP contribution in [0.4, 0.5) is 5.82 Å². The lowest BCUT2D eigenvalue weighted by Gasteiger charge is -2.31. The van der Waals surface area contributed by atoms with Gasteiger partial charge < -0.3 is 14.5 Å². The molecule has 1 saturated carbocycles. The molecule has 1 aromatic rings. The maximum atomic E-state index is 12.3. The first-order valence-corrected chi connectivity index (χ1v) is 10.2. The highest BCUT2D eigenvalue weighted by Gasteiger charge is 2.26. The van der Waals surface area contributed by atoms with E-state index in [2.05, 4.69) is 9.88 Å². The summed E-state index contributed by atoms with van der Waals surface area (Å²) in [6.45, 7) is 5.22. The van der Waals surface area contributed by atoms with Gasteiger partial charge in [0.15, 0.2) is 0 Å². The maximum Gasteiger partial charge on any atom is 0.224 e. The third-order valence-corrected chi connectivity index (χ3v) is 5.81. The van der Waals surface area contributed by atoms with Crippen LogP contribution in [0.1, 0.15) is 56.7 Å². The van der Waals surface area contributed by atoms with Crippen LogP contribution < -0.4 is 4.90 Å². The van der Waals surface area contributed by atoms with Gasteiger partial charge in [0, 0.05) is 44.9 Å². The van der Waals surface area contributed by atoms with Crippen LogP contribution in [0.2, 0.25) is 0 Å². The summed E-state index contributed by atoms with van der Waals surface area (Å²) in [4.78, 5) is 26.0. The molecule has 3 fully saturated rings. The Kier molecular flexibility index (Phi) is 5.68. The standard InChI is InChI=1S/C20H30N4O2/c25-19(8-14-26-15-16-3-4-16)24-12-6-17(7-13-24)20-21-9-5-18(22-20)23-10-1-2-11-23/h5,9,16-17H,1-4,6-8,10-15H2. The lowest BCUT2D eigenvalue weighted by Crippen LogP contribution is -2.38. The molecule has 26 heavy (non-hydrogen) atoms. The molecule has 6 heteroatoms. The van der Waals surface area contributed by atoms with Crippen molar-refractivity contribution < 1.29 is 9.53 Å². The highest BCUT2D eigenvalue weighted by atomic mass is 16.5. The molecule has 1 aliphatic carbocycles. The van der Waals surface area contributed by atoms with E-state index in [1.165, 1.54) is 25.7 Å². The Hall–Kier alpha value is -1.69. The van der Waals surface area contributed by atoms with E-state index in [1.54, 1.807) is 0 Å². The third kappa shape index (κ3) is 4.53. The number of amides is 1. The fourth-order valence-electron chi connectivity index (χ4n) is 3.92. The summed E-state index contributed by atoms with van der Waals surface area (Å²) in [5.74, 6) is 3.38. The second-order valence-electron chi connectivity index (χ2n) is 7.89. The Labute approximate surface area is 155 Å². The fourth-order valence-corrected chi connectivity index (χ4v) is 3.92. The molecular weight excluding hydrogens is 328 g/mol. The molecular formula is C20H30N4O2. The summed E-state index contributed by atoms with van der Waals surface area (Å²) < 4.78 is 5.60. The normalized spacial score (nSPS) is 21.4. The minimum atomic E-state index is 0.228. The number of nitrogens with zero attached hydrogens (tertiary/aromatic N) is 4. The van der Waals surface area contributed by atoms with Gasteiger partial charge in [-0.3, -0.25) is 4.79 Å². The number of ether oxygens (including phenoxy) is 1. The average Bonchev–Trinajstić information content (AvgIpc) is 3.35. The predicted molar refractivity (Wildman–Crippen MR) is 100 cm³/mol. The average molecular weight is 358 g/mol. The molecule has 4 rings (SSSR count). The molecule has 0 N–H and O–H groups in total. The van der Waals surface area contributed by atoms with Gasteiger partial charge in [-0.25, -0.2) is 9.97 Å². The molecule has 0 bridgehead atoms. The number of anilines is 1. The molecule has 1 aromatic heterocycles. The molecule has 0 atom stereocenters. The van der Waals surface area contributed by atoms with E-state index in [-0.39, 0.29) is 5.91 Å². The third-order valence-electron chi connectivity index (χ3n) is 5.81. The summed E-state index contributed by atoms with van der Waals surface area (Å²) >= 11 is 0. The number of carbonyl (C=O) groups is 1. The zero-order valence-corrected chi connectivity index (χ0v) is 15.6. The van der Waals surface area contributed by atoms with E-state index in [1.807, 2.05) is 17.2 Å². The van der Waals surface area contributed by atoms with Crippen molar-refractivity contribution in [2.45, 2.75) is 50.9 Å². The summed E-state index contributed by atoms with van der Waals surface area (Å²) in [7, 11) is 0. The van der Waals surface area contributed by atoms with Crippen LogP contribution in [0, 0.1) is 5.92 Å². The molecule has 2 aliphatic heterocycles. The number of carbonyl (C=O) groups excluding carboxylic acids is 1. The predicted octanol–water partition coefficient (Wildman–Crippen LogP) is 2.60.